The summed E-state index contributed by atoms with van der Waals surface area (Å²) in [5, 5.41) is 9.59. The van der Waals surface area contributed by atoms with E-state index in [1.54, 1.807) is 56.1 Å². The van der Waals surface area contributed by atoms with Crippen LogP contribution >= 0.6 is 11.8 Å². The number of nitrogens with zero attached hydrogens (tertiary/aromatic N) is 3. The second-order valence-corrected chi connectivity index (χ2v) is 7.43. The molecule has 1 rings (SSSR count). The van der Waals surface area contributed by atoms with Crippen molar-refractivity contribution in [1.82, 2.24) is 4.90 Å². The van der Waals surface area contributed by atoms with E-state index in [-0.39, 0.29) is 11.7 Å². The zero-order valence-electron chi connectivity index (χ0n) is 16.3. The van der Waals surface area contributed by atoms with E-state index in [2.05, 4.69) is 17.6 Å². The van der Waals surface area contributed by atoms with Crippen molar-refractivity contribution in [3.63, 3.8) is 0 Å². The molecule has 0 radical (unpaired) electrons. The van der Waals surface area contributed by atoms with Gasteiger partial charge < -0.3 is 9.64 Å². The van der Waals surface area contributed by atoms with Gasteiger partial charge in [0.1, 0.15) is 5.60 Å². The molecule has 0 atom stereocenters. The van der Waals surface area contributed by atoms with Crippen molar-refractivity contribution >= 4 is 22.9 Å². The van der Waals surface area contributed by atoms with Gasteiger partial charge in [-0.3, -0.25) is 4.79 Å². The molecule has 0 aliphatic carbocycles. The highest BCUT2D eigenvalue weighted by Gasteiger charge is 2.19. The third-order valence-electron chi connectivity index (χ3n) is 3.10. The molecule has 1 aliphatic rings. The first-order valence-electron chi connectivity index (χ1n) is 8.53. The average molecular weight is 402 g/mol. The molecular weight excluding hydrogens is 377 g/mol. The van der Waals surface area contributed by atoms with E-state index in [0.717, 1.165) is 0 Å². The molecule has 7 heteroatoms. The standard InChI is InChI=1S/C21H24FN3O2S/c1-5-18(10-8-12-22)25-14-7-6-9-17(15-23)11-13-24-20(25)28-16-19(26)27-21(2,3)4/h5-13H,1,14,16H2,2-4H3/b7-6+,12-8+,13-11+,17-9+,18-10+,24-20?. The van der Waals surface area contributed by atoms with Crippen LogP contribution in [0.15, 0.2) is 77.9 Å². The Kier molecular flexibility index (Phi) is 9.75. The number of rotatable bonds is 5. The third-order valence-corrected chi connectivity index (χ3v) is 4.06. The molecule has 0 saturated carbocycles. The predicted octanol–water partition coefficient (Wildman–Crippen LogP) is 4.81. The minimum atomic E-state index is -0.581. The van der Waals surface area contributed by atoms with Gasteiger partial charge in [0, 0.05) is 18.4 Å². The van der Waals surface area contributed by atoms with Gasteiger partial charge in [0.25, 0.3) is 0 Å². The summed E-state index contributed by atoms with van der Waals surface area (Å²) in [4.78, 5) is 18.3. The lowest BCUT2D eigenvalue weighted by atomic mass is 10.2. The number of nitriles is 1. The molecule has 0 spiro atoms. The Morgan fingerprint density at radius 3 is 2.89 bits per heavy atom. The third kappa shape index (κ3) is 8.69. The number of esters is 1. The number of thioether (sulfide) groups is 1. The van der Waals surface area contributed by atoms with Crippen molar-refractivity contribution < 1.29 is 13.9 Å². The largest absolute Gasteiger partial charge is 0.459 e. The number of amidine groups is 1. The van der Waals surface area contributed by atoms with E-state index in [1.165, 1.54) is 24.0 Å². The molecule has 1 heterocycles. The fourth-order valence-corrected chi connectivity index (χ4v) is 2.80. The first-order valence-corrected chi connectivity index (χ1v) is 9.52. The van der Waals surface area contributed by atoms with Gasteiger partial charge in [-0.1, -0.05) is 30.5 Å². The number of hydrogen-bond donors (Lipinski definition) is 0. The van der Waals surface area contributed by atoms with Gasteiger partial charge in [0.15, 0.2) is 5.17 Å². The number of carbonyl (C=O) groups excluding carboxylic acids is 1. The summed E-state index contributed by atoms with van der Waals surface area (Å²) in [6.07, 6.45) is 13.1. The number of carbonyl (C=O) groups is 1. The van der Waals surface area contributed by atoms with Crippen LogP contribution in [-0.2, 0) is 9.53 Å². The fourth-order valence-electron chi connectivity index (χ4n) is 2.03. The molecule has 1 aliphatic heterocycles. The van der Waals surface area contributed by atoms with Crippen molar-refractivity contribution in [3.05, 3.63) is 72.9 Å². The lowest BCUT2D eigenvalue weighted by Gasteiger charge is -2.25. The molecule has 0 aromatic heterocycles. The molecule has 28 heavy (non-hydrogen) atoms. The second kappa shape index (κ2) is 11.8. The summed E-state index contributed by atoms with van der Waals surface area (Å²) < 4.78 is 17.8. The lowest BCUT2D eigenvalue weighted by molar-refractivity contribution is -0.151. The summed E-state index contributed by atoms with van der Waals surface area (Å²) in [6.45, 7) is 9.56. The summed E-state index contributed by atoms with van der Waals surface area (Å²) in [6, 6.07) is 2.06. The highest BCUT2D eigenvalue weighted by Crippen LogP contribution is 2.19. The van der Waals surface area contributed by atoms with Crippen molar-refractivity contribution in [2.24, 2.45) is 4.99 Å². The van der Waals surface area contributed by atoms with Crippen LogP contribution in [0.1, 0.15) is 20.8 Å². The van der Waals surface area contributed by atoms with E-state index in [9.17, 15) is 9.18 Å². The Morgan fingerprint density at radius 2 is 2.29 bits per heavy atom. The van der Waals surface area contributed by atoms with E-state index in [4.69, 9.17) is 10.00 Å². The summed E-state index contributed by atoms with van der Waals surface area (Å²) in [5.74, 6) is -0.323. The van der Waals surface area contributed by atoms with Gasteiger partial charge in [0.05, 0.1) is 23.7 Å². The summed E-state index contributed by atoms with van der Waals surface area (Å²) >= 11 is 1.19. The number of hydrogen-bond acceptors (Lipinski definition) is 6. The van der Waals surface area contributed by atoms with Gasteiger partial charge in [0.2, 0.25) is 0 Å². The smallest absolute Gasteiger partial charge is 0.316 e. The quantitative estimate of drug-likeness (QED) is 0.489. The summed E-state index contributed by atoms with van der Waals surface area (Å²) in [5.41, 5.74) is 0.472. The predicted molar refractivity (Wildman–Crippen MR) is 113 cm³/mol. The maximum Gasteiger partial charge on any atom is 0.316 e. The molecule has 0 fully saturated rings. The van der Waals surface area contributed by atoms with Crippen LogP contribution in [0.4, 0.5) is 4.39 Å². The van der Waals surface area contributed by atoms with E-state index in [0.29, 0.717) is 29.3 Å². The minimum absolute atomic E-state index is 0.0501. The Bertz CT molecular complexity index is 793. The van der Waals surface area contributed by atoms with Crippen LogP contribution in [0, 0.1) is 11.3 Å². The van der Waals surface area contributed by atoms with Crippen LogP contribution in [0.2, 0.25) is 0 Å². The van der Waals surface area contributed by atoms with Crippen LogP contribution in [0.3, 0.4) is 0 Å². The number of ether oxygens (including phenoxy) is 1. The molecule has 0 unspecified atom stereocenters. The molecule has 0 aromatic carbocycles. The fraction of sp³-hybridized carbons (Fsp3) is 0.286. The Morgan fingerprint density at radius 1 is 1.54 bits per heavy atom. The maximum atomic E-state index is 12.5. The molecule has 0 bridgehead atoms. The molecule has 5 nitrogen and oxygen atoms in total. The highest BCUT2D eigenvalue weighted by molar-refractivity contribution is 8.14. The molecule has 0 aromatic rings. The Balaban J connectivity index is 3.19. The van der Waals surface area contributed by atoms with Gasteiger partial charge in [-0.15, -0.1) is 0 Å². The van der Waals surface area contributed by atoms with E-state index >= 15 is 0 Å². The lowest BCUT2D eigenvalue weighted by Crippen LogP contribution is -2.30. The van der Waals surface area contributed by atoms with Gasteiger partial charge in [-0.25, -0.2) is 9.38 Å². The maximum absolute atomic E-state index is 12.5. The SMILES string of the molecule is C=C/C(=C\C=C\F)N1C/C=C/C=C(C#N)\C=C\N=C1SCC(=O)OC(C)(C)C. The molecular formula is C21H24FN3O2S. The van der Waals surface area contributed by atoms with E-state index < -0.39 is 5.60 Å². The average Bonchev–Trinajstić information content (AvgIpc) is 2.64. The van der Waals surface area contributed by atoms with Crippen molar-refractivity contribution in [3.8, 4) is 6.07 Å². The monoisotopic (exact) mass is 401 g/mol. The van der Waals surface area contributed by atoms with Crippen LogP contribution in [0.5, 0.6) is 0 Å². The van der Waals surface area contributed by atoms with Gasteiger partial charge in [-0.2, -0.15) is 5.26 Å². The zero-order valence-corrected chi connectivity index (χ0v) is 17.1. The molecule has 0 amide bonds. The highest BCUT2D eigenvalue weighted by atomic mass is 32.2. The van der Waals surface area contributed by atoms with Crippen molar-refractivity contribution in [1.29, 1.82) is 5.26 Å². The molecule has 0 N–H and O–H groups in total. The minimum Gasteiger partial charge on any atom is -0.459 e. The summed E-state index contributed by atoms with van der Waals surface area (Å²) in [7, 11) is 0. The Hall–Kier alpha value is -2.85. The topological polar surface area (TPSA) is 65.7 Å². The van der Waals surface area contributed by atoms with Crippen molar-refractivity contribution in [2.75, 3.05) is 12.3 Å². The first-order chi connectivity index (χ1) is 13.3. The number of halogens is 1. The zero-order chi connectivity index (χ0) is 21.0. The van der Waals surface area contributed by atoms with Crippen LogP contribution in [-0.4, -0.2) is 33.9 Å². The molecule has 148 valence electrons. The number of allylic oxidation sites excluding steroid dienone is 7. The molecule has 0 saturated heterocycles. The second-order valence-electron chi connectivity index (χ2n) is 6.49. The number of aliphatic imine (C=N–C) groups is 1. The van der Waals surface area contributed by atoms with Crippen LogP contribution < -0.4 is 0 Å². The van der Waals surface area contributed by atoms with Crippen molar-refractivity contribution in [2.45, 2.75) is 26.4 Å². The van der Waals surface area contributed by atoms with Gasteiger partial charge in [-0.05, 0) is 51.2 Å². The van der Waals surface area contributed by atoms with Gasteiger partial charge >= 0.3 is 5.97 Å². The Labute approximate surface area is 170 Å². The first kappa shape index (κ1) is 23.2. The normalized spacial score (nSPS) is 19.8. The van der Waals surface area contributed by atoms with Crippen LogP contribution in [0.25, 0.3) is 0 Å². The van der Waals surface area contributed by atoms with E-state index in [1.807, 2.05) is 6.08 Å².